The van der Waals surface area contributed by atoms with Crippen LogP contribution in [0.3, 0.4) is 0 Å². The highest BCUT2D eigenvalue weighted by atomic mass is 31.0. The van der Waals surface area contributed by atoms with Crippen LogP contribution in [-0.2, 0) is 19.1 Å². The first kappa shape index (κ1) is 39.1. The van der Waals surface area contributed by atoms with E-state index in [1.807, 2.05) is 0 Å². The van der Waals surface area contributed by atoms with Crippen molar-refractivity contribution < 1.29 is 41.0 Å². The number of hydrogen-bond acceptors (Lipinski definition) is 4. The number of allylic oxidation sites excluding steroid dienone is 15. The maximum atomic E-state index is 14.7. The molecule has 0 saturated carbocycles. The summed E-state index contributed by atoms with van der Waals surface area (Å²) < 4.78 is 80.3. The van der Waals surface area contributed by atoms with Gasteiger partial charge in [0.2, 0.25) is 0 Å². The summed E-state index contributed by atoms with van der Waals surface area (Å²) in [7, 11) is 2.36. The van der Waals surface area contributed by atoms with Crippen LogP contribution in [0.1, 0.15) is 76.2 Å². The van der Waals surface area contributed by atoms with Gasteiger partial charge in [0, 0.05) is 37.0 Å². The predicted molar refractivity (Wildman–Crippen MR) is 186 cm³/mol. The van der Waals surface area contributed by atoms with E-state index < -0.39 is 35.2 Å². The Morgan fingerprint density at radius 2 is 1.47 bits per heavy atom. The smallest absolute Gasteiger partial charge is 0.311 e. The fraction of sp³-hybridized carbons (Fsp3) is 0.282. The molecule has 1 atom stereocenters. The molecule has 0 aliphatic heterocycles. The Kier molecular flexibility index (Phi) is 15.1. The van der Waals surface area contributed by atoms with Crippen molar-refractivity contribution in [3.8, 4) is 0 Å². The molecule has 1 aromatic rings. The zero-order valence-corrected chi connectivity index (χ0v) is 28.5. The van der Waals surface area contributed by atoms with Crippen molar-refractivity contribution in [2.45, 2.75) is 70.6 Å². The molecule has 2 aliphatic rings. The minimum Gasteiger partial charge on any atom is -0.431 e. The van der Waals surface area contributed by atoms with Crippen molar-refractivity contribution in [2.24, 2.45) is 0 Å². The summed E-state index contributed by atoms with van der Waals surface area (Å²) in [5, 5.41) is 0.574. The molecule has 260 valence electrons. The van der Waals surface area contributed by atoms with Crippen LogP contribution in [0.4, 0.5) is 22.0 Å². The van der Waals surface area contributed by atoms with Gasteiger partial charge in [0.05, 0.1) is 0 Å². The van der Waals surface area contributed by atoms with E-state index in [9.17, 15) is 31.5 Å². The number of hydrogen-bond donors (Lipinski definition) is 0. The molecular formula is C39H40F5O4P. The maximum Gasteiger partial charge on any atom is 0.311 e. The topological polar surface area (TPSA) is 52.6 Å². The zero-order chi connectivity index (χ0) is 36.1. The number of carbonyl (C=O) groups is 2. The van der Waals surface area contributed by atoms with Crippen LogP contribution in [0.5, 0.6) is 0 Å². The van der Waals surface area contributed by atoms with E-state index in [2.05, 4.69) is 35.6 Å². The van der Waals surface area contributed by atoms with Crippen LogP contribution in [-0.4, -0.2) is 11.9 Å². The summed E-state index contributed by atoms with van der Waals surface area (Å²) in [5.41, 5.74) is 1.85. The lowest BCUT2D eigenvalue weighted by Gasteiger charge is -2.21. The quantitative estimate of drug-likeness (QED) is 0.0406. The minimum absolute atomic E-state index is 0.0899. The molecule has 0 amide bonds. The lowest BCUT2D eigenvalue weighted by atomic mass is 9.90. The van der Waals surface area contributed by atoms with Crippen LogP contribution in [0, 0.1) is 11.6 Å². The van der Waals surface area contributed by atoms with E-state index >= 15 is 0 Å². The molecule has 0 aromatic heterocycles. The Morgan fingerprint density at radius 3 is 2.12 bits per heavy atom. The Bertz CT molecular complexity index is 1710. The lowest BCUT2D eigenvalue weighted by Crippen LogP contribution is -2.09. The molecule has 4 nitrogen and oxygen atoms in total. The molecule has 1 unspecified atom stereocenters. The summed E-state index contributed by atoms with van der Waals surface area (Å²) in [6.07, 6.45) is 11.7. The van der Waals surface area contributed by atoms with Crippen LogP contribution < -0.4 is 0 Å². The van der Waals surface area contributed by atoms with Gasteiger partial charge in [-0.2, -0.15) is 0 Å². The van der Waals surface area contributed by atoms with Gasteiger partial charge >= 0.3 is 11.9 Å². The summed E-state index contributed by atoms with van der Waals surface area (Å²) in [6.45, 7) is 14.7. The van der Waals surface area contributed by atoms with Gasteiger partial charge in [-0.15, -0.1) is 9.24 Å². The standard InChI is InChI=1S/C39H40F5O4P/c1-24(12-13-25(2)28-14-18-32(40)35(43)21-28)27(4)33(41)20-26(3)47-38(45)10-8-6-5-7-9-11-39(46)48-30-16-17-31(34(42)23-30)29-15-19-37(49)36(44)22-29/h12-14,18,20-23H,1-11,15-17,19,49H2/b13-12-,33-20+. The second kappa shape index (κ2) is 19.0. The molecule has 10 heteroatoms. The fourth-order valence-electron chi connectivity index (χ4n) is 4.98. The summed E-state index contributed by atoms with van der Waals surface area (Å²) in [5.74, 6) is -4.66. The van der Waals surface area contributed by atoms with Crippen molar-refractivity contribution in [2.75, 3.05) is 0 Å². The van der Waals surface area contributed by atoms with Crippen molar-refractivity contribution in [1.29, 1.82) is 0 Å². The van der Waals surface area contributed by atoms with E-state index in [0.29, 0.717) is 72.5 Å². The number of benzene rings is 1. The van der Waals surface area contributed by atoms with Crippen LogP contribution >= 0.6 is 9.24 Å². The molecule has 0 bridgehead atoms. The number of ether oxygens (including phenoxy) is 2. The van der Waals surface area contributed by atoms with Crippen molar-refractivity contribution in [3.05, 3.63) is 149 Å². The number of carbonyl (C=O) groups excluding carboxylic acids is 2. The predicted octanol–water partition coefficient (Wildman–Crippen LogP) is 11.5. The first-order valence-corrected chi connectivity index (χ1v) is 16.5. The molecule has 3 rings (SSSR count). The Balaban J connectivity index is 1.30. The van der Waals surface area contributed by atoms with Gasteiger partial charge in [-0.25, -0.2) is 22.0 Å². The van der Waals surface area contributed by atoms with E-state index in [1.54, 1.807) is 0 Å². The van der Waals surface area contributed by atoms with Crippen LogP contribution in [0.2, 0.25) is 0 Å². The largest absolute Gasteiger partial charge is 0.431 e. The fourth-order valence-corrected chi connectivity index (χ4v) is 5.20. The van der Waals surface area contributed by atoms with Gasteiger partial charge in [0.25, 0.3) is 0 Å². The van der Waals surface area contributed by atoms with E-state index in [1.165, 1.54) is 30.4 Å². The molecule has 49 heavy (non-hydrogen) atoms. The highest BCUT2D eigenvalue weighted by Gasteiger charge is 2.22. The summed E-state index contributed by atoms with van der Waals surface area (Å²) >= 11 is 0. The maximum absolute atomic E-state index is 14.7. The zero-order valence-electron chi connectivity index (χ0n) is 27.3. The van der Waals surface area contributed by atoms with Gasteiger partial charge in [0.1, 0.15) is 29.0 Å². The highest BCUT2D eigenvalue weighted by molar-refractivity contribution is 7.22. The first-order valence-electron chi connectivity index (χ1n) is 15.9. The molecule has 0 heterocycles. The Hall–Kier alpha value is -4.36. The summed E-state index contributed by atoms with van der Waals surface area (Å²) in [6, 6.07) is 3.33. The third kappa shape index (κ3) is 12.6. The number of unbranched alkanes of at least 4 members (excludes halogenated alkanes) is 4. The Labute approximate surface area is 286 Å². The molecule has 0 fully saturated rings. The van der Waals surface area contributed by atoms with E-state index in [0.717, 1.165) is 31.1 Å². The molecule has 0 N–H and O–H groups in total. The summed E-state index contributed by atoms with van der Waals surface area (Å²) in [4.78, 5) is 24.4. The number of halogens is 5. The van der Waals surface area contributed by atoms with Gasteiger partial charge in [-0.1, -0.05) is 63.8 Å². The van der Waals surface area contributed by atoms with Gasteiger partial charge in [-0.3, -0.25) is 9.59 Å². The van der Waals surface area contributed by atoms with Crippen molar-refractivity contribution in [1.82, 2.24) is 0 Å². The molecule has 0 spiro atoms. The number of rotatable bonds is 17. The van der Waals surface area contributed by atoms with Crippen molar-refractivity contribution in [3.63, 3.8) is 0 Å². The normalized spacial score (nSPS) is 15.2. The molecule has 2 aliphatic carbocycles. The first-order chi connectivity index (χ1) is 23.2. The minimum atomic E-state index is -1.02. The second-order valence-corrected chi connectivity index (χ2v) is 12.3. The van der Waals surface area contributed by atoms with E-state index in [-0.39, 0.29) is 41.3 Å². The van der Waals surface area contributed by atoms with E-state index in [4.69, 9.17) is 9.47 Å². The van der Waals surface area contributed by atoms with Crippen molar-refractivity contribution >= 4 is 26.8 Å². The van der Waals surface area contributed by atoms with Gasteiger partial charge in [0.15, 0.2) is 11.6 Å². The van der Waals surface area contributed by atoms with Crippen LogP contribution in [0.15, 0.2) is 132 Å². The third-order valence-corrected chi connectivity index (χ3v) is 8.41. The lowest BCUT2D eigenvalue weighted by molar-refractivity contribution is -0.140. The SMILES string of the molecule is C=C(/C=C(/F)C(=C)C(=C)/C=C\C(=C)c1ccc(F)c(F)c1)OC(=O)CCCCCCCC(=O)OC1=CC(F)=C(C2=CC(F)=C(P)CC2)CC1. The van der Waals surface area contributed by atoms with Crippen LogP contribution in [0.25, 0.3) is 5.57 Å². The van der Waals surface area contributed by atoms with Gasteiger partial charge in [-0.05, 0) is 83.5 Å². The monoisotopic (exact) mass is 698 g/mol. The molecule has 1 aromatic carbocycles. The number of esters is 2. The average Bonchev–Trinajstić information content (AvgIpc) is 3.05. The average molecular weight is 699 g/mol. The molecule has 0 radical (unpaired) electrons. The Morgan fingerprint density at radius 1 is 0.796 bits per heavy atom. The highest BCUT2D eigenvalue weighted by Crippen LogP contribution is 2.38. The third-order valence-electron chi connectivity index (χ3n) is 7.85. The molecular weight excluding hydrogens is 658 g/mol. The second-order valence-electron chi connectivity index (χ2n) is 11.6. The molecule has 0 saturated heterocycles. The van der Waals surface area contributed by atoms with Gasteiger partial charge < -0.3 is 9.47 Å².